The second-order valence-electron chi connectivity index (χ2n) is 6.65. The molecule has 3 aromatic rings. The van der Waals surface area contributed by atoms with E-state index in [0.717, 1.165) is 28.3 Å². The molecular formula is C20H22ClN3O3. The van der Waals surface area contributed by atoms with E-state index in [0.29, 0.717) is 23.1 Å². The molecule has 2 aromatic heterocycles. The van der Waals surface area contributed by atoms with E-state index < -0.39 is 0 Å². The largest absolute Gasteiger partial charge is 0.438 e. The lowest BCUT2D eigenvalue weighted by Gasteiger charge is -2.10. The predicted octanol–water partition coefficient (Wildman–Crippen LogP) is 4.40. The fraction of sp³-hybridized carbons (Fsp3) is 0.350. The van der Waals surface area contributed by atoms with Crippen molar-refractivity contribution >= 4 is 17.5 Å². The van der Waals surface area contributed by atoms with Crippen LogP contribution in [0.4, 0.5) is 0 Å². The molecule has 7 heteroatoms. The van der Waals surface area contributed by atoms with Gasteiger partial charge in [0.1, 0.15) is 5.76 Å². The van der Waals surface area contributed by atoms with Gasteiger partial charge < -0.3 is 14.3 Å². The maximum absolute atomic E-state index is 12.4. The topological polar surface area (TPSA) is 81.2 Å². The van der Waals surface area contributed by atoms with Gasteiger partial charge in [0.15, 0.2) is 5.76 Å². The van der Waals surface area contributed by atoms with Crippen molar-refractivity contribution in [1.82, 2.24) is 15.5 Å². The van der Waals surface area contributed by atoms with Gasteiger partial charge in [-0.3, -0.25) is 4.79 Å². The Bertz CT molecular complexity index is 925. The summed E-state index contributed by atoms with van der Waals surface area (Å²) in [5, 5.41) is 7.48. The molecule has 2 heterocycles. The van der Waals surface area contributed by atoms with E-state index in [1.54, 1.807) is 12.1 Å². The number of hydrogen-bond acceptors (Lipinski definition) is 5. The van der Waals surface area contributed by atoms with Crippen molar-refractivity contribution in [3.63, 3.8) is 0 Å². The van der Waals surface area contributed by atoms with E-state index in [1.165, 1.54) is 0 Å². The second-order valence-corrected chi connectivity index (χ2v) is 7.09. The minimum Gasteiger partial charge on any atom is -0.438 e. The third-order valence-corrected chi connectivity index (χ3v) is 4.75. The van der Waals surface area contributed by atoms with Gasteiger partial charge in [0.25, 0.3) is 0 Å². The zero-order valence-electron chi connectivity index (χ0n) is 15.8. The van der Waals surface area contributed by atoms with Gasteiger partial charge in [0, 0.05) is 22.1 Å². The number of rotatable bonds is 6. The van der Waals surface area contributed by atoms with Gasteiger partial charge in [0.05, 0.1) is 17.9 Å². The number of aromatic nitrogens is 2. The Balaban J connectivity index is 1.62. The van der Waals surface area contributed by atoms with E-state index in [9.17, 15) is 4.79 Å². The lowest BCUT2D eigenvalue weighted by Crippen LogP contribution is -2.30. The van der Waals surface area contributed by atoms with Crippen LogP contribution in [0.15, 0.2) is 33.2 Å². The highest BCUT2D eigenvalue weighted by atomic mass is 35.5. The van der Waals surface area contributed by atoms with Crippen molar-refractivity contribution < 1.29 is 13.7 Å². The van der Waals surface area contributed by atoms with E-state index >= 15 is 0 Å². The van der Waals surface area contributed by atoms with Crippen LogP contribution in [0.25, 0.3) is 11.3 Å². The molecule has 0 fully saturated rings. The summed E-state index contributed by atoms with van der Waals surface area (Å²) in [6.45, 7) is 7.72. The van der Waals surface area contributed by atoms with Gasteiger partial charge in [-0.15, -0.1) is 0 Å². The standard InChI is InChI=1S/C20H22ClN3O3/c1-11(9-17-12(2)24-27-14(17)4)20(25)22-10-18-23-13(3)19(26-18)15-5-7-16(21)8-6-15/h5-8,11H,9-10H2,1-4H3,(H,22,25)/t11-/m1/s1. The number of carbonyl (C=O) groups is 1. The van der Waals surface area contributed by atoms with E-state index in [4.69, 9.17) is 20.5 Å². The van der Waals surface area contributed by atoms with Gasteiger partial charge in [0.2, 0.25) is 11.8 Å². The summed E-state index contributed by atoms with van der Waals surface area (Å²) in [7, 11) is 0. The van der Waals surface area contributed by atoms with Crippen molar-refractivity contribution in [3.8, 4) is 11.3 Å². The Labute approximate surface area is 162 Å². The molecule has 27 heavy (non-hydrogen) atoms. The lowest BCUT2D eigenvalue weighted by atomic mass is 9.99. The molecule has 0 spiro atoms. The number of aryl methyl sites for hydroxylation is 3. The van der Waals surface area contributed by atoms with Crippen LogP contribution in [-0.2, 0) is 17.8 Å². The summed E-state index contributed by atoms with van der Waals surface area (Å²) in [6, 6.07) is 7.36. The zero-order valence-corrected chi connectivity index (χ0v) is 16.6. The van der Waals surface area contributed by atoms with Crippen LogP contribution < -0.4 is 5.32 Å². The molecule has 0 unspecified atom stereocenters. The molecule has 0 saturated carbocycles. The van der Waals surface area contributed by atoms with Crippen LogP contribution in [0.3, 0.4) is 0 Å². The molecular weight excluding hydrogens is 366 g/mol. The van der Waals surface area contributed by atoms with E-state index in [-0.39, 0.29) is 18.4 Å². The third kappa shape index (κ3) is 4.39. The zero-order chi connectivity index (χ0) is 19.6. The lowest BCUT2D eigenvalue weighted by molar-refractivity contribution is -0.124. The minimum absolute atomic E-state index is 0.0705. The average Bonchev–Trinajstić information content (AvgIpc) is 3.17. The van der Waals surface area contributed by atoms with Gasteiger partial charge in [-0.2, -0.15) is 0 Å². The summed E-state index contributed by atoms with van der Waals surface area (Å²) in [5.41, 5.74) is 3.47. The fourth-order valence-corrected chi connectivity index (χ4v) is 3.05. The summed E-state index contributed by atoms with van der Waals surface area (Å²) in [5.74, 6) is 1.62. The highest BCUT2D eigenvalue weighted by molar-refractivity contribution is 6.30. The average molecular weight is 388 g/mol. The Kier molecular flexibility index (Phi) is 5.65. The van der Waals surface area contributed by atoms with Gasteiger partial charge in [-0.1, -0.05) is 23.7 Å². The van der Waals surface area contributed by atoms with Crippen LogP contribution in [0.5, 0.6) is 0 Å². The van der Waals surface area contributed by atoms with Crippen molar-refractivity contribution in [2.75, 3.05) is 0 Å². The third-order valence-electron chi connectivity index (χ3n) is 4.50. The molecule has 1 N–H and O–H groups in total. The Hall–Kier alpha value is -2.60. The summed E-state index contributed by atoms with van der Waals surface area (Å²) in [6.07, 6.45) is 0.577. The number of halogens is 1. The molecule has 0 aliphatic rings. The first-order valence-electron chi connectivity index (χ1n) is 8.77. The quantitative estimate of drug-likeness (QED) is 0.677. The SMILES string of the molecule is Cc1nc(CNC(=O)[C@H](C)Cc2c(C)noc2C)oc1-c1ccc(Cl)cc1. The summed E-state index contributed by atoms with van der Waals surface area (Å²) < 4.78 is 11.0. The first-order valence-corrected chi connectivity index (χ1v) is 9.14. The first-order chi connectivity index (χ1) is 12.8. The highest BCUT2D eigenvalue weighted by Crippen LogP contribution is 2.26. The molecule has 3 rings (SSSR count). The number of benzene rings is 1. The molecule has 0 radical (unpaired) electrons. The summed E-state index contributed by atoms with van der Waals surface area (Å²) >= 11 is 5.92. The number of carbonyl (C=O) groups excluding carboxylic acids is 1. The van der Waals surface area contributed by atoms with E-state index in [1.807, 2.05) is 39.8 Å². The molecule has 1 atom stereocenters. The van der Waals surface area contributed by atoms with E-state index in [2.05, 4.69) is 15.5 Å². The number of hydrogen-bond donors (Lipinski definition) is 1. The van der Waals surface area contributed by atoms with Crippen molar-refractivity contribution in [3.05, 3.63) is 57.9 Å². The molecule has 0 saturated heterocycles. The van der Waals surface area contributed by atoms with Crippen molar-refractivity contribution in [2.45, 2.75) is 40.7 Å². The van der Waals surface area contributed by atoms with Gasteiger partial charge in [-0.05, 0) is 51.5 Å². The fourth-order valence-electron chi connectivity index (χ4n) is 2.93. The maximum Gasteiger partial charge on any atom is 0.223 e. The summed E-state index contributed by atoms with van der Waals surface area (Å²) in [4.78, 5) is 16.8. The van der Waals surface area contributed by atoms with Crippen LogP contribution in [0.1, 0.15) is 35.5 Å². The minimum atomic E-state index is -0.214. The molecule has 1 aromatic carbocycles. The molecule has 0 bridgehead atoms. The van der Waals surface area contributed by atoms with Gasteiger partial charge in [-0.25, -0.2) is 4.98 Å². The van der Waals surface area contributed by atoms with Gasteiger partial charge >= 0.3 is 0 Å². The van der Waals surface area contributed by atoms with Crippen molar-refractivity contribution in [1.29, 1.82) is 0 Å². The Morgan fingerprint density at radius 3 is 2.52 bits per heavy atom. The molecule has 142 valence electrons. The highest BCUT2D eigenvalue weighted by Gasteiger charge is 2.19. The maximum atomic E-state index is 12.4. The van der Waals surface area contributed by atoms with Crippen LogP contribution in [0, 0.1) is 26.7 Å². The molecule has 6 nitrogen and oxygen atoms in total. The first kappa shape index (κ1) is 19.2. The monoisotopic (exact) mass is 387 g/mol. The van der Waals surface area contributed by atoms with Crippen LogP contribution >= 0.6 is 11.6 Å². The Morgan fingerprint density at radius 1 is 1.19 bits per heavy atom. The van der Waals surface area contributed by atoms with Crippen LogP contribution in [-0.4, -0.2) is 16.0 Å². The second kappa shape index (κ2) is 7.96. The number of nitrogens with zero attached hydrogens (tertiary/aromatic N) is 2. The molecule has 0 aliphatic heterocycles. The molecule has 1 amide bonds. The number of amides is 1. The van der Waals surface area contributed by atoms with Crippen molar-refractivity contribution in [2.24, 2.45) is 5.92 Å². The van der Waals surface area contributed by atoms with Crippen LogP contribution in [0.2, 0.25) is 5.02 Å². The normalized spacial score (nSPS) is 12.2. The Morgan fingerprint density at radius 2 is 1.89 bits per heavy atom. The number of nitrogens with one attached hydrogen (secondary N) is 1. The predicted molar refractivity (Wildman–Crippen MR) is 102 cm³/mol. The smallest absolute Gasteiger partial charge is 0.223 e. The number of oxazole rings is 1. The molecule has 0 aliphatic carbocycles.